The standard InChI is InChI=1S/C19H22INO3/c1-19(2,20)15-8-5-7-13(10-15)17(22)12-21-11-14-6-3-4-9-16(14)18(23)24/h3-10,17,21-22H,11-12H2,1-2H3,(H,23,24)/t17-/m1/s1. The fourth-order valence-corrected chi connectivity index (χ4v) is 2.80. The maximum absolute atomic E-state index is 11.2. The number of carboxylic acids is 1. The van der Waals surface area contributed by atoms with Crippen molar-refractivity contribution in [2.24, 2.45) is 0 Å². The molecule has 24 heavy (non-hydrogen) atoms. The molecule has 0 spiro atoms. The lowest BCUT2D eigenvalue weighted by Gasteiger charge is -2.19. The molecule has 2 aromatic rings. The lowest BCUT2D eigenvalue weighted by molar-refractivity contribution is 0.0695. The van der Waals surface area contributed by atoms with Crippen LogP contribution in [0.1, 0.15) is 47.0 Å². The van der Waals surface area contributed by atoms with Crippen LogP contribution in [-0.2, 0) is 9.97 Å². The molecule has 0 heterocycles. The average molecular weight is 439 g/mol. The second-order valence-electron chi connectivity index (χ2n) is 6.21. The third-order valence-corrected chi connectivity index (χ3v) is 4.48. The molecule has 0 aliphatic rings. The summed E-state index contributed by atoms with van der Waals surface area (Å²) in [4.78, 5) is 11.2. The second-order valence-corrected chi connectivity index (χ2v) is 8.90. The Morgan fingerprint density at radius 2 is 1.92 bits per heavy atom. The zero-order valence-corrected chi connectivity index (χ0v) is 15.9. The Labute approximate surface area is 156 Å². The Morgan fingerprint density at radius 1 is 1.21 bits per heavy atom. The number of carbonyl (C=O) groups is 1. The first-order valence-corrected chi connectivity index (χ1v) is 8.86. The summed E-state index contributed by atoms with van der Waals surface area (Å²) in [5.74, 6) is -0.940. The molecule has 0 saturated heterocycles. The molecule has 0 aromatic heterocycles. The first-order chi connectivity index (χ1) is 11.3. The van der Waals surface area contributed by atoms with Gasteiger partial charge >= 0.3 is 5.97 Å². The molecule has 0 aliphatic carbocycles. The molecule has 0 amide bonds. The number of hydrogen-bond acceptors (Lipinski definition) is 3. The van der Waals surface area contributed by atoms with E-state index in [9.17, 15) is 15.0 Å². The predicted molar refractivity (Wildman–Crippen MR) is 104 cm³/mol. The van der Waals surface area contributed by atoms with Crippen LogP contribution in [0, 0.1) is 0 Å². The van der Waals surface area contributed by atoms with E-state index in [-0.39, 0.29) is 8.99 Å². The van der Waals surface area contributed by atoms with Gasteiger partial charge in [-0.05, 0) is 36.6 Å². The molecule has 0 unspecified atom stereocenters. The minimum Gasteiger partial charge on any atom is -0.478 e. The van der Waals surface area contributed by atoms with Gasteiger partial charge < -0.3 is 15.5 Å². The van der Waals surface area contributed by atoms with Crippen molar-refractivity contribution in [3.63, 3.8) is 0 Å². The molecule has 0 aliphatic heterocycles. The highest BCUT2D eigenvalue weighted by molar-refractivity contribution is 14.1. The maximum atomic E-state index is 11.2. The summed E-state index contributed by atoms with van der Waals surface area (Å²) in [5.41, 5.74) is 3.01. The van der Waals surface area contributed by atoms with Gasteiger partial charge in [0.1, 0.15) is 0 Å². The van der Waals surface area contributed by atoms with Crippen LogP contribution >= 0.6 is 22.6 Å². The molecule has 2 rings (SSSR count). The number of aliphatic hydroxyl groups excluding tert-OH is 1. The van der Waals surface area contributed by atoms with Crippen LogP contribution in [0.2, 0.25) is 0 Å². The maximum Gasteiger partial charge on any atom is 0.336 e. The normalized spacial score (nSPS) is 12.8. The van der Waals surface area contributed by atoms with E-state index in [4.69, 9.17) is 0 Å². The van der Waals surface area contributed by atoms with Crippen molar-refractivity contribution in [2.75, 3.05) is 6.54 Å². The predicted octanol–water partition coefficient (Wildman–Crippen LogP) is 3.88. The van der Waals surface area contributed by atoms with Crippen molar-refractivity contribution in [2.45, 2.75) is 29.9 Å². The molecule has 1 atom stereocenters. The SMILES string of the molecule is CC(C)(I)c1cccc([C@H](O)CNCc2ccccc2C(=O)O)c1. The van der Waals surface area contributed by atoms with Crippen LogP contribution in [0.25, 0.3) is 0 Å². The fraction of sp³-hybridized carbons (Fsp3) is 0.316. The van der Waals surface area contributed by atoms with Crippen molar-refractivity contribution in [1.82, 2.24) is 5.32 Å². The number of nitrogens with one attached hydrogen (secondary N) is 1. The minimum atomic E-state index is -0.940. The molecule has 0 saturated carbocycles. The Hall–Kier alpha value is -1.44. The Balaban J connectivity index is 1.99. The van der Waals surface area contributed by atoms with Gasteiger partial charge in [0.05, 0.1) is 11.7 Å². The van der Waals surface area contributed by atoms with Crippen LogP contribution in [0.4, 0.5) is 0 Å². The van der Waals surface area contributed by atoms with Crippen LogP contribution in [0.5, 0.6) is 0 Å². The number of hydrogen-bond donors (Lipinski definition) is 3. The molecule has 128 valence electrons. The van der Waals surface area contributed by atoms with Crippen molar-refractivity contribution >= 4 is 28.6 Å². The molecule has 5 heteroatoms. The largest absolute Gasteiger partial charge is 0.478 e. The van der Waals surface area contributed by atoms with Gasteiger partial charge in [-0.25, -0.2) is 4.79 Å². The van der Waals surface area contributed by atoms with E-state index in [1.54, 1.807) is 18.2 Å². The zero-order chi connectivity index (χ0) is 17.7. The Morgan fingerprint density at radius 3 is 2.58 bits per heavy atom. The molecule has 0 bridgehead atoms. The van der Waals surface area contributed by atoms with Gasteiger partial charge in [-0.15, -0.1) is 0 Å². The Kier molecular flexibility index (Phi) is 6.37. The number of alkyl halides is 1. The van der Waals surface area contributed by atoms with Gasteiger partial charge in [0, 0.05) is 16.5 Å². The van der Waals surface area contributed by atoms with Crippen molar-refractivity contribution in [3.05, 3.63) is 70.8 Å². The van der Waals surface area contributed by atoms with Gasteiger partial charge in [-0.3, -0.25) is 0 Å². The van der Waals surface area contributed by atoms with E-state index in [0.29, 0.717) is 18.7 Å². The van der Waals surface area contributed by atoms with Gasteiger partial charge in [-0.1, -0.05) is 65.1 Å². The highest BCUT2D eigenvalue weighted by atomic mass is 127. The molecule has 0 fully saturated rings. The fourth-order valence-electron chi connectivity index (χ4n) is 2.46. The third-order valence-electron chi connectivity index (χ3n) is 3.86. The average Bonchev–Trinajstić information content (AvgIpc) is 2.54. The zero-order valence-electron chi connectivity index (χ0n) is 13.8. The second kappa shape index (κ2) is 8.09. The smallest absolute Gasteiger partial charge is 0.336 e. The first-order valence-electron chi connectivity index (χ1n) is 7.78. The summed E-state index contributed by atoms with van der Waals surface area (Å²) in [6, 6.07) is 14.8. The van der Waals surface area contributed by atoms with E-state index in [1.165, 1.54) is 0 Å². The van der Waals surface area contributed by atoms with E-state index in [0.717, 1.165) is 11.1 Å². The number of aromatic carboxylic acids is 1. The third kappa shape index (κ3) is 5.03. The van der Waals surface area contributed by atoms with Gasteiger partial charge in [-0.2, -0.15) is 0 Å². The highest BCUT2D eigenvalue weighted by Gasteiger charge is 2.17. The summed E-state index contributed by atoms with van der Waals surface area (Å²) >= 11 is 2.38. The summed E-state index contributed by atoms with van der Waals surface area (Å²) in [6.45, 7) is 5.01. The monoisotopic (exact) mass is 439 g/mol. The summed E-state index contributed by atoms with van der Waals surface area (Å²) in [6.07, 6.45) is -0.638. The number of carboxylic acid groups (broad SMARTS) is 1. The topological polar surface area (TPSA) is 69.6 Å². The quantitative estimate of drug-likeness (QED) is 0.453. The van der Waals surface area contributed by atoms with E-state index in [2.05, 4.69) is 47.8 Å². The summed E-state index contributed by atoms with van der Waals surface area (Å²) < 4.78 is 0.00134. The van der Waals surface area contributed by atoms with E-state index in [1.807, 2.05) is 24.3 Å². The molecule has 0 radical (unpaired) electrons. The van der Waals surface area contributed by atoms with Crippen LogP contribution in [0.3, 0.4) is 0 Å². The molecule has 3 N–H and O–H groups in total. The van der Waals surface area contributed by atoms with Crippen LogP contribution in [-0.4, -0.2) is 22.7 Å². The number of aliphatic hydroxyl groups is 1. The highest BCUT2D eigenvalue weighted by Crippen LogP contribution is 2.31. The number of benzene rings is 2. The van der Waals surface area contributed by atoms with Gasteiger partial charge in [0.25, 0.3) is 0 Å². The minimum absolute atomic E-state index is 0.00134. The molecule has 4 nitrogen and oxygen atoms in total. The molecular formula is C19H22INO3. The summed E-state index contributed by atoms with van der Waals surface area (Å²) in [5, 5.41) is 22.7. The number of halogens is 1. The lowest BCUT2D eigenvalue weighted by atomic mass is 9.98. The number of rotatable bonds is 7. The van der Waals surface area contributed by atoms with Crippen molar-refractivity contribution < 1.29 is 15.0 Å². The molecule has 2 aromatic carbocycles. The first kappa shape index (κ1) is 18.9. The lowest BCUT2D eigenvalue weighted by Crippen LogP contribution is -2.22. The van der Waals surface area contributed by atoms with Crippen molar-refractivity contribution in [3.8, 4) is 0 Å². The van der Waals surface area contributed by atoms with Crippen molar-refractivity contribution in [1.29, 1.82) is 0 Å². The van der Waals surface area contributed by atoms with E-state index < -0.39 is 12.1 Å². The van der Waals surface area contributed by atoms with Gasteiger partial charge in [0.15, 0.2) is 0 Å². The van der Waals surface area contributed by atoms with Crippen LogP contribution < -0.4 is 5.32 Å². The van der Waals surface area contributed by atoms with Crippen LogP contribution in [0.15, 0.2) is 48.5 Å². The van der Waals surface area contributed by atoms with E-state index >= 15 is 0 Å². The summed E-state index contributed by atoms with van der Waals surface area (Å²) in [7, 11) is 0. The Bertz CT molecular complexity index is 710. The molecular weight excluding hydrogens is 417 g/mol. The van der Waals surface area contributed by atoms with Gasteiger partial charge in [0.2, 0.25) is 0 Å².